The first-order chi connectivity index (χ1) is 7.88. The highest BCUT2D eigenvalue weighted by atomic mass is 32.1. The molecule has 1 aliphatic carbocycles. The van der Waals surface area contributed by atoms with Gasteiger partial charge in [0.1, 0.15) is 11.1 Å². The third-order valence-corrected chi connectivity index (χ3v) is 4.32. The van der Waals surface area contributed by atoms with Gasteiger partial charge in [0, 0.05) is 17.4 Å². The lowest BCUT2D eigenvalue weighted by Gasteiger charge is -2.03. The van der Waals surface area contributed by atoms with Gasteiger partial charge in [-0.3, -0.25) is 0 Å². The summed E-state index contributed by atoms with van der Waals surface area (Å²) in [7, 11) is 0. The number of aromatic nitrogens is 1. The molecule has 1 saturated carbocycles. The lowest BCUT2D eigenvalue weighted by atomic mass is 10.2. The first-order valence-electron chi connectivity index (χ1n) is 5.86. The molecule has 1 atom stereocenters. The van der Waals surface area contributed by atoms with E-state index in [0.29, 0.717) is 12.3 Å². The Morgan fingerprint density at radius 3 is 2.94 bits per heavy atom. The van der Waals surface area contributed by atoms with E-state index in [0.717, 1.165) is 24.5 Å². The van der Waals surface area contributed by atoms with Crippen molar-refractivity contribution in [1.82, 2.24) is 4.98 Å². The summed E-state index contributed by atoms with van der Waals surface area (Å²) in [6.45, 7) is 0.858. The second-order valence-corrected chi connectivity index (χ2v) is 5.59. The van der Waals surface area contributed by atoms with Crippen molar-refractivity contribution in [3.8, 4) is 6.07 Å². The Bertz CT molecular complexity index is 425. The van der Waals surface area contributed by atoms with Gasteiger partial charge in [-0.25, -0.2) is 4.98 Å². The molecule has 2 aliphatic rings. The van der Waals surface area contributed by atoms with Crippen molar-refractivity contribution < 1.29 is 4.74 Å². The summed E-state index contributed by atoms with van der Waals surface area (Å²) in [5.41, 5.74) is 1.19. The second kappa shape index (κ2) is 4.15. The quantitative estimate of drug-likeness (QED) is 0.807. The Morgan fingerprint density at radius 1 is 1.44 bits per heavy atom. The molecule has 0 bridgehead atoms. The number of nitriles is 1. The van der Waals surface area contributed by atoms with Crippen molar-refractivity contribution in [2.45, 2.75) is 44.1 Å². The van der Waals surface area contributed by atoms with Crippen LogP contribution in [0.4, 0.5) is 0 Å². The highest BCUT2D eigenvalue weighted by molar-refractivity contribution is 7.11. The minimum Gasteiger partial charge on any atom is -0.371 e. The minimum absolute atomic E-state index is 0.204. The Labute approximate surface area is 99.1 Å². The molecule has 0 spiro atoms. The fourth-order valence-electron chi connectivity index (χ4n) is 2.17. The molecule has 2 fully saturated rings. The second-order valence-electron chi connectivity index (χ2n) is 4.47. The van der Waals surface area contributed by atoms with E-state index in [9.17, 15) is 0 Å². The topological polar surface area (TPSA) is 45.9 Å². The van der Waals surface area contributed by atoms with Crippen LogP contribution in [0, 0.1) is 11.3 Å². The first-order valence-corrected chi connectivity index (χ1v) is 6.68. The van der Waals surface area contributed by atoms with Crippen LogP contribution in [0.2, 0.25) is 0 Å². The summed E-state index contributed by atoms with van der Waals surface area (Å²) in [6, 6.07) is 2.24. The summed E-state index contributed by atoms with van der Waals surface area (Å²) in [6.07, 6.45) is 5.42. The molecule has 0 radical (unpaired) electrons. The average Bonchev–Trinajstić information content (AvgIpc) is 2.82. The largest absolute Gasteiger partial charge is 0.371 e. The number of hydrogen-bond acceptors (Lipinski definition) is 4. The van der Waals surface area contributed by atoms with E-state index in [-0.39, 0.29) is 6.10 Å². The molecular weight excluding hydrogens is 220 g/mol. The summed E-state index contributed by atoms with van der Waals surface area (Å²) in [5, 5.41) is 9.92. The molecule has 3 nitrogen and oxygen atoms in total. The number of ether oxygens (including phenoxy) is 1. The molecule has 0 amide bonds. The molecule has 1 unspecified atom stereocenters. The van der Waals surface area contributed by atoms with E-state index >= 15 is 0 Å². The van der Waals surface area contributed by atoms with Gasteiger partial charge in [-0.15, -0.1) is 11.3 Å². The van der Waals surface area contributed by atoms with Crippen molar-refractivity contribution >= 4 is 11.3 Å². The number of hydrogen-bond donors (Lipinski definition) is 0. The van der Waals surface area contributed by atoms with Gasteiger partial charge in [0.2, 0.25) is 0 Å². The molecule has 2 heterocycles. The maximum absolute atomic E-state index is 8.82. The standard InChI is InChI=1S/C12H14N2OS/c13-6-5-10-11(8-3-4-8)14-12(16-10)9-2-1-7-15-9/h8-9H,1-5,7H2. The van der Waals surface area contributed by atoms with E-state index in [1.807, 2.05) is 0 Å². The normalized spacial score (nSPS) is 24.6. The van der Waals surface area contributed by atoms with Crippen LogP contribution in [0.1, 0.15) is 53.3 Å². The van der Waals surface area contributed by atoms with Crippen molar-refractivity contribution in [3.05, 3.63) is 15.6 Å². The fraction of sp³-hybridized carbons (Fsp3) is 0.667. The Balaban J connectivity index is 1.88. The van der Waals surface area contributed by atoms with Gasteiger partial charge in [-0.05, 0) is 25.7 Å². The van der Waals surface area contributed by atoms with E-state index in [2.05, 4.69) is 6.07 Å². The third-order valence-electron chi connectivity index (χ3n) is 3.15. The molecule has 4 heteroatoms. The highest BCUT2D eigenvalue weighted by Gasteiger charge is 2.31. The molecule has 84 valence electrons. The molecule has 1 aromatic heterocycles. The average molecular weight is 234 g/mol. The maximum atomic E-state index is 8.82. The van der Waals surface area contributed by atoms with Gasteiger partial charge in [0.05, 0.1) is 18.2 Å². The zero-order valence-electron chi connectivity index (χ0n) is 9.11. The molecule has 1 aromatic rings. The number of thiazole rings is 1. The van der Waals surface area contributed by atoms with Crippen molar-refractivity contribution in [3.63, 3.8) is 0 Å². The number of nitrogens with zero attached hydrogens (tertiary/aromatic N) is 2. The summed E-state index contributed by atoms with van der Waals surface area (Å²) in [4.78, 5) is 5.89. The van der Waals surface area contributed by atoms with Crippen LogP contribution >= 0.6 is 11.3 Å². The van der Waals surface area contributed by atoms with Gasteiger partial charge in [-0.1, -0.05) is 0 Å². The van der Waals surface area contributed by atoms with Gasteiger partial charge in [0.25, 0.3) is 0 Å². The maximum Gasteiger partial charge on any atom is 0.122 e. The van der Waals surface area contributed by atoms with Crippen molar-refractivity contribution in [2.24, 2.45) is 0 Å². The minimum atomic E-state index is 0.204. The Kier molecular flexibility index (Phi) is 2.66. The zero-order valence-corrected chi connectivity index (χ0v) is 9.92. The predicted octanol–water partition coefficient (Wildman–Crippen LogP) is 2.94. The third kappa shape index (κ3) is 1.85. The smallest absolute Gasteiger partial charge is 0.122 e. The van der Waals surface area contributed by atoms with Gasteiger partial charge < -0.3 is 4.74 Å². The summed E-state index contributed by atoms with van der Waals surface area (Å²) >= 11 is 1.69. The lowest BCUT2D eigenvalue weighted by molar-refractivity contribution is 0.111. The molecule has 0 aromatic carbocycles. The van der Waals surface area contributed by atoms with Gasteiger partial charge in [-0.2, -0.15) is 5.26 Å². The van der Waals surface area contributed by atoms with Crippen LogP contribution in [0.5, 0.6) is 0 Å². The monoisotopic (exact) mass is 234 g/mol. The molecule has 0 N–H and O–H groups in total. The van der Waals surface area contributed by atoms with Crippen LogP contribution in [-0.2, 0) is 11.2 Å². The fourth-order valence-corrected chi connectivity index (χ4v) is 3.33. The van der Waals surface area contributed by atoms with E-state index in [4.69, 9.17) is 15.0 Å². The van der Waals surface area contributed by atoms with Crippen LogP contribution in [-0.4, -0.2) is 11.6 Å². The molecular formula is C12H14N2OS. The molecule has 16 heavy (non-hydrogen) atoms. The molecule has 3 rings (SSSR count). The molecule has 1 saturated heterocycles. The van der Waals surface area contributed by atoms with Crippen LogP contribution in [0.3, 0.4) is 0 Å². The lowest BCUT2D eigenvalue weighted by Crippen LogP contribution is -1.95. The number of rotatable bonds is 3. The Hall–Kier alpha value is -0.920. The van der Waals surface area contributed by atoms with Gasteiger partial charge in [0.15, 0.2) is 0 Å². The van der Waals surface area contributed by atoms with Gasteiger partial charge >= 0.3 is 0 Å². The Morgan fingerprint density at radius 2 is 2.31 bits per heavy atom. The van der Waals surface area contributed by atoms with E-state index < -0.39 is 0 Å². The van der Waals surface area contributed by atoms with Crippen LogP contribution in [0.15, 0.2) is 0 Å². The SMILES string of the molecule is N#CCc1sc(C2CCCO2)nc1C1CC1. The summed E-state index contributed by atoms with van der Waals surface area (Å²) in [5.74, 6) is 0.634. The highest BCUT2D eigenvalue weighted by Crippen LogP contribution is 2.44. The van der Waals surface area contributed by atoms with E-state index in [1.54, 1.807) is 11.3 Å². The first kappa shape index (κ1) is 10.2. The van der Waals surface area contributed by atoms with Crippen LogP contribution < -0.4 is 0 Å². The van der Waals surface area contributed by atoms with Crippen LogP contribution in [0.25, 0.3) is 0 Å². The predicted molar refractivity (Wildman–Crippen MR) is 61.3 cm³/mol. The summed E-state index contributed by atoms with van der Waals surface area (Å²) < 4.78 is 5.65. The van der Waals surface area contributed by atoms with Crippen molar-refractivity contribution in [2.75, 3.05) is 6.61 Å². The zero-order chi connectivity index (χ0) is 11.0. The molecule has 1 aliphatic heterocycles. The van der Waals surface area contributed by atoms with Crippen molar-refractivity contribution in [1.29, 1.82) is 5.26 Å². The van der Waals surface area contributed by atoms with E-state index in [1.165, 1.54) is 23.4 Å².